The first-order valence-corrected chi connectivity index (χ1v) is 11.9. The van der Waals surface area contributed by atoms with E-state index in [2.05, 4.69) is 20.5 Å². The third-order valence-corrected chi connectivity index (χ3v) is 7.61. The zero-order valence-corrected chi connectivity index (χ0v) is 18.8. The van der Waals surface area contributed by atoms with Gasteiger partial charge < -0.3 is 11.1 Å². The van der Waals surface area contributed by atoms with Crippen molar-refractivity contribution in [3.05, 3.63) is 52.5 Å². The average molecular weight is 454 g/mol. The van der Waals surface area contributed by atoms with Crippen molar-refractivity contribution < 1.29 is 9.59 Å². The number of amides is 2. The van der Waals surface area contributed by atoms with E-state index in [-0.39, 0.29) is 5.91 Å². The summed E-state index contributed by atoms with van der Waals surface area (Å²) in [6.45, 7) is 1.93. The molecular weight excluding hydrogens is 430 g/mol. The number of aryl methyl sites for hydroxylation is 1. The predicted octanol–water partition coefficient (Wildman–Crippen LogP) is 4.09. The number of thiophene rings is 1. The highest BCUT2D eigenvalue weighted by Gasteiger charge is 2.27. The number of hydrogen-bond donors (Lipinski definition) is 2. The van der Waals surface area contributed by atoms with Crippen LogP contribution in [0.25, 0.3) is 11.3 Å². The lowest BCUT2D eigenvalue weighted by atomic mass is 9.95. The summed E-state index contributed by atoms with van der Waals surface area (Å²) in [6.07, 6.45) is 6.13. The van der Waals surface area contributed by atoms with Crippen LogP contribution in [0.15, 0.2) is 41.7 Å². The average Bonchev–Trinajstić information content (AvgIpc) is 3.16. The molecule has 4 rings (SSSR count). The molecule has 0 bridgehead atoms. The lowest BCUT2D eigenvalue weighted by Gasteiger charge is -2.14. The minimum atomic E-state index is -0.487. The molecule has 3 aromatic rings. The Morgan fingerprint density at radius 3 is 2.65 bits per heavy atom. The van der Waals surface area contributed by atoms with Gasteiger partial charge in [0.25, 0.3) is 5.91 Å². The molecule has 7 nitrogen and oxygen atoms in total. The molecule has 2 amide bonds. The number of nitrogens with zero attached hydrogens (tertiary/aromatic N) is 3. The molecule has 1 aliphatic rings. The van der Waals surface area contributed by atoms with Crippen LogP contribution in [0.4, 0.5) is 5.00 Å². The molecular formula is C22H23N5O2S2. The minimum Gasteiger partial charge on any atom is -0.365 e. The van der Waals surface area contributed by atoms with E-state index in [1.165, 1.54) is 23.1 Å². The molecule has 0 unspecified atom stereocenters. The molecule has 160 valence electrons. The van der Waals surface area contributed by atoms with E-state index in [0.29, 0.717) is 27.8 Å². The second kappa shape index (κ2) is 9.57. The zero-order chi connectivity index (χ0) is 21.8. The standard InChI is InChI=1S/C22H23N5O2S2/c1-2-16(31-22-24-12-15(26-27-22)13-8-4-3-5-9-13)20(29)25-21-18(19(23)28)14-10-6-7-11-17(14)30-21/h3-5,8-9,12,16H,2,6-7,10-11H2,1H3,(H2,23,28)(H,25,29)/t16-/m1/s1. The lowest BCUT2D eigenvalue weighted by Crippen LogP contribution is -2.26. The summed E-state index contributed by atoms with van der Waals surface area (Å²) in [5.74, 6) is -0.677. The Balaban J connectivity index is 1.48. The first-order chi connectivity index (χ1) is 15.1. The summed E-state index contributed by atoms with van der Waals surface area (Å²) in [7, 11) is 0. The normalized spacial score (nSPS) is 14.0. The number of carbonyl (C=O) groups is 2. The third kappa shape index (κ3) is 4.77. The summed E-state index contributed by atoms with van der Waals surface area (Å²) in [5.41, 5.74) is 8.72. The molecule has 0 aliphatic heterocycles. The van der Waals surface area contributed by atoms with Gasteiger partial charge in [0.15, 0.2) is 0 Å². The Kier molecular flexibility index (Phi) is 6.62. The Morgan fingerprint density at radius 2 is 1.97 bits per heavy atom. The number of hydrogen-bond acceptors (Lipinski definition) is 7. The van der Waals surface area contributed by atoms with Gasteiger partial charge in [0.2, 0.25) is 11.1 Å². The van der Waals surface area contributed by atoms with Crippen LogP contribution < -0.4 is 11.1 Å². The van der Waals surface area contributed by atoms with E-state index in [4.69, 9.17) is 5.73 Å². The quantitative estimate of drug-likeness (QED) is 0.521. The number of aromatic nitrogens is 3. The number of primary amides is 1. The Bertz CT molecular complexity index is 1080. The van der Waals surface area contributed by atoms with Crippen molar-refractivity contribution in [3.63, 3.8) is 0 Å². The molecule has 0 fully saturated rings. The van der Waals surface area contributed by atoms with Crippen LogP contribution in [0.3, 0.4) is 0 Å². The molecule has 0 radical (unpaired) electrons. The number of rotatable bonds is 7. The number of thioether (sulfide) groups is 1. The molecule has 31 heavy (non-hydrogen) atoms. The van der Waals surface area contributed by atoms with Crippen molar-refractivity contribution in [2.45, 2.75) is 49.4 Å². The first kappa shape index (κ1) is 21.5. The van der Waals surface area contributed by atoms with Gasteiger partial charge in [-0.3, -0.25) is 9.59 Å². The highest BCUT2D eigenvalue weighted by molar-refractivity contribution is 8.00. The van der Waals surface area contributed by atoms with Gasteiger partial charge >= 0.3 is 0 Å². The van der Waals surface area contributed by atoms with Crippen LogP contribution >= 0.6 is 23.1 Å². The fourth-order valence-corrected chi connectivity index (χ4v) is 5.70. The van der Waals surface area contributed by atoms with Gasteiger partial charge in [-0.05, 0) is 37.7 Å². The van der Waals surface area contributed by atoms with Gasteiger partial charge in [-0.15, -0.1) is 21.5 Å². The summed E-state index contributed by atoms with van der Waals surface area (Å²) < 4.78 is 0. The van der Waals surface area contributed by atoms with Crippen LogP contribution in [0.1, 0.15) is 47.0 Å². The Morgan fingerprint density at radius 1 is 1.19 bits per heavy atom. The molecule has 3 N–H and O–H groups in total. The van der Waals surface area contributed by atoms with Gasteiger partial charge in [-0.25, -0.2) is 4.98 Å². The van der Waals surface area contributed by atoms with Gasteiger partial charge in [0, 0.05) is 10.4 Å². The van der Waals surface area contributed by atoms with Crippen molar-refractivity contribution in [3.8, 4) is 11.3 Å². The topological polar surface area (TPSA) is 111 Å². The van der Waals surface area contributed by atoms with Crippen LogP contribution in [0, 0.1) is 0 Å². The molecule has 2 aromatic heterocycles. The summed E-state index contributed by atoms with van der Waals surface area (Å²) in [5, 5.41) is 11.9. The van der Waals surface area contributed by atoms with E-state index < -0.39 is 11.2 Å². The first-order valence-electron chi connectivity index (χ1n) is 10.2. The maximum absolute atomic E-state index is 13.0. The van der Waals surface area contributed by atoms with E-state index in [9.17, 15) is 9.59 Å². The van der Waals surface area contributed by atoms with Crippen LogP contribution in [-0.2, 0) is 17.6 Å². The number of benzene rings is 1. The third-order valence-electron chi connectivity index (χ3n) is 5.18. The Labute approximate surface area is 188 Å². The van der Waals surface area contributed by atoms with Crippen LogP contribution in [-0.4, -0.2) is 32.2 Å². The number of fused-ring (bicyclic) bond motifs is 1. The van der Waals surface area contributed by atoms with Gasteiger partial charge in [-0.1, -0.05) is 49.0 Å². The smallest absolute Gasteiger partial charge is 0.251 e. The lowest BCUT2D eigenvalue weighted by molar-refractivity contribution is -0.115. The van der Waals surface area contributed by atoms with E-state index >= 15 is 0 Å². The fraction of sp³-hybridized carbons (Fsp3) is 0.318. The molecule has 0 saturated heterocycles. The van der Waals surface area contributed by atoms with Crippen molar-refractivity contribution in [1.29, 1.82) is 0 Å². The maximum atomic E-state index is 13.0. The summed E-state index contributed by atoms with van der Waals surface area (Å²) in [6, 6.07) is 9.68. The highest BCUT2D eigenvalue weighted by atomic mass is 32.2. The highest BCUT2D eigenvalue weighted by Crippen LogP contribution is 2.38. The molecule has 9 heteroatoms. The van der Waals surface area contributed by atoms with Gasteiger partial charge in [-0.2, -0.15) is 0 Å². The monoisotopic (exact) mass is 453 g/mol. The molecule has 1 atom stereocenters. The molecule has 2 heterocycles. The second-order valence-corrected chi connectivity index (χ2v) is 9.55. The van der Waals surface area contributed by atoms with Crippen molar-refractivity contribution in [2.24, 2.45) is 5.73 Å². The van der Waals surface area contributed by atoms with Crippen molar-refractivity contribution >= 4 is 39.9 Å². The fourth-order valence-electron chi connectivity index (χ4n) is 3.62. The van der Waals surface area contributed by atoms with E-state index in [1.807, 2.05) is 37.3 Å². The van der Waals surface area contributed by atoms with Crippen molar-refractivity contribution in [1.82, 2.24) is 15.2 Å². The van der Waals surface area contributed by atoms with Gasteiger partial charge in [0.1, 0.15) is 10.7 Å². The number of nitrogens with one attached hydrogen (secondary N) is 1. The van der Waals surface area contributed by atoms with Crippen molar-refractivity contribution in [2.75, 3.05) is 5.32 Å². The number of carbonyl (C=O) groups excluding carboxylic acids is 2. The molecule has 1 aromatic carbocycles. The minimum absolute atomic E-state index is 0.190. The number of anilines is 1. The molecule has 0 spiro atoms. The van der Waals surface area contributed by atoms with E-state index in [0.717, 1.165) is 41.7 Å². The SMILES string of the molecule is CC[C@@H](Sc1ncc(-c2ccccc2)nn1)C(=O)Nc1sc2c(c1C(N)=O)CCCC2. The van der Waals surface area contributed by atoms with Crippen LogP contribution in [0.5, 0.6) is 0 Å². The second-order valence-electron chi connectivity index (χ2n) is 7.28. The predicted molar refractivity (Wildman–Crippen MR) is 123 cm³/mol. The number of nitrogens with two attached hydrogens (primary N) is 1. The maximum Gasteiger partial charge on any atom is 0.251 e. The van der Waals surface area contributed by atoms with E-state index in [1.54, 1.807) is 6.20 Å². The summed E-state index contributed by atoms with van der Waals surface area (Å²) >= 11 is 2.73. The van der Waals surface area contributed by atoms with Gasteiger partial charge in [0.05, 0.1) is 17.0 Å². The summed E-state index contributed by atoms with van der Waals surface area (Å²) in [4.78, 5) is 30.6. The zero-order valence-electron chi connectivity index (χ0n) is 17.1. The Hall–Kier alpha value is -2.78. The molecule has 1 aliphatic carbocycles. The largest absolute Gasteiger partial charge is 0.365 e. The molecule has 0 saturated carbocycles. The van der Waals surface area contributed by atoms with Crippen LogP contribution in [0.2, 0.25) is 0 Å².